The van der Waals surface area contributed by atoms with Gasteiger partial charge in [-0.1, -0.05) is 355 Å². The van der Waals surface area contributed by atoms with Crippen molar-refractivity contribution in [2.45, 2.75) is 425 Å². The van der Waals surface area contributed by atoms with Gasteiger partial charge in [0.2, 0.25) is 0 Å². The summed E-state index contributed by atoms with van der Waals surface area (Å²) < 4.78 is 68.5. The van der Waals surface area contributed by atoms with Crippen LogP contribution < -0.4 is 0 Å². The molecule has 0 rings (SSSR count). The summed E-state index contributed by atoms with van der Waals surface area (Å²) in [6.45, 7) is 4.96. The maximum absolute atomic E-state index is 13.1. The van der Waals surface area contributed by atoms with Crippen molar-refractivity contribution >= 4 is 39.5 Å². The second kappa shape index (κ2) is 70.5. The highest BCUT2D eigenvalue weighted by atomic mass is 31.2. The molecule has 0 bridgehead atoms. The topological polar surface area (TPSA) is 237 Å². The molecule has 0 radical (unpaired) electrons. The number of aliphatic hydroxyl groups excluding tert-OH is 1. The SMILES string of the molecule is CCCCCCCCCCCCCCCCCCC(=O)OC[C@H](COP(=O)(O)OC[C@@H](O)COP(=O)(O)OC[C@@H](COC(=O)CCCCCCCCC)OC(=O)CCCCCCCCCCCCCCCCCC)OC(=O)CCCCCCCCCCCCCCCCCC. The molecule has 19 heteroatoms. The molecule has 0 fully saturated rings. The first-order valence-corrected chi connectivity index (χ1v) is 42.8. The maximum atomic E-state index is 13.1. The Morgan fingerprint density at radius 2 is 0.421 bits per heavy atom. The number of unbranched alkanes of at least 4 members (excludes halogenated alkanes) is 51. The van der Waals surface area contributed by atoms with Crippen molar-refractivity contribution in [3.05, 3.63) is 0 Å². The first kappa shape index (κ1) is 93.1. The van der Waals surface area contributed by atoms with Crippen LogP contribution in [0.4, 0.5) is 0 Å². The molecular formula is C76H148O17P2. The molecule has 17 nitrogen and oxygen atoms in total. The van der Waals surface area contributed by atoms with Crippen molar-refractivity contribution in [3.8, 4) is 0 Å². The van der Waals surface area contributed by atoms with Gasteiger partial charge in [-0.3, -0.25) is 37.3 Å². The van der Waals surface area contributed by atoms with Crippen LogP contribution in [0.2, 0.25) is 0 Å². The van der Waals surface area contributed by atoms with E-state index in [9.17, 15) is 43.2 Å². The number of carbonyl (C=O) groups is 4. The number of carbonyl (C=O) groups excluding carboxylic acids is 4. The Balaban J connectivity index is 5.18. The predicted molar refractivity (Wildman–Crippen MR) is 386 cm³/mol. The van der Waals surface area contributed by atoms with E-state index in [0.717, 1.165) is 103 Å². The minimum atomic E-state index is -4.95. The lowest BCUT2D eigenvalue weighted by atomic mass is 10.0. The van der Waals surface area contributed by atoms with Crippen molar-refractivity contribution in [1.82, 2.24) is 0 Å². The number of hydrogen-bond acceptors (Lipinski definition) is 15. The number of phosphoric acid groups is 2. The molecule has 0 saturated heterocycles. The highest BCUT2D eigenvalue weighted by Crippen LogP contribution is 2.45. The fourth-order valence-corrected chi connectivity index (χ4v) is 13.3. The lowest BCUT2D eigenvalue weighted by Gasteiger charge is -2.21. The summed E-state index contributed by atoms with van der Waals surface area (Å²) >= 11 is 0. The van der Waals surface area contributed by atoms with Crippen molar-refractivity contribution in [1.29, 1.82) is 0 Å². The van der Waals surface area contributed by atoms with Crippen LogP contribution in [0.25, 0.3) is 0 Å². The van der Waals surface area contributed by atoms with Crippen LogP contribution in [0, 0.1) is 0 Å². The highest BCUT2D eigenvalue weighted by molar-refractivity contribution is 7.47. The van der Waals surface area contributed by atoms with E-state index in [1.807, 2.05) is 0 Å². The predicted octanol–water partition coefficient (Wildman–Crippen LogP) is 22.6. The first-order valence-electron chi connectivity index (χ1n) is 39.8. The van der Waals surface area contributed by atoms with E-state index in [4.69, 9.17) is 37.0 Å². The molecular weight excluding hydrogens is 1250 g/mol. The van der Waals surface area contributed by atoms with Gasteiger partial charge in [0.1, 0.15) is 19.3 Å². The average Bonchev–Trinajstić information content (AvgIpc) is 2.11. The Labute approximate surface area is 581 Å². The van der Waals surface area contributed by atoms with Crippen LogP contribution in [0.1, 0.15) is 407 Å². The number of phosphoric ester groups is 2. The average molecular weight is 1400 g/mol. The number of aliphatic hydroxyl groups is 1. The van der Waals surface area contributed by atoms with Crippen molar-refractivity contribution in [2.75, 3.05) is 39.6 Å². The molecule has 0 aromatic heterocycles. The molecule has 0 aromatic rings. The van der Waals surface area contributed by atoms with Crippen molar-refractivity contribution in [2.24, 2.45) is 0 Å². The van der Waals surface area contributed by atoms with E-state index >= 15 is 0 Å². The lowest BCUT2D eigenvalue weighted by Crippen LogP contribution is -2.30. The van der Waals surface area contributed by atoms with Crippen LogP contribution in [0.15, 0.2) is 0 Å². The third-order valence-corrected chi connectivity index (χ3v) is 19.8. The van der Waals surface area contributed by atoms with Crippen LogP contribution >= 0.6 is 15.6 Å². The van der Waals surface area contributed by atoms with Crippen molar-refractivity contribution < 1.29 is 80.2 Å². The van der Waals surface area contributed by atoms with E-state index in [0.29, 0.717) is 25.7 Å². The van der Waals surface area contributed by atoms with Gasteiger partial charge in [-0.25, -0.2) is 9.13 Å². The number of rotatable bonds is 77. The van der Waals surface area contributed by atoms with E-state index in [1.54, 1.807) is 0 Å². The number of ether oxygens (including phenoxy) is 4. The Morgan fingerprint density at radius 3 is 0.621 bits per heavy atom. The molecule has 0 saturated carbocycles. The molecule has 0 amide bonds. The molecule has 5 atom stereocenters. The number of hydrogen-bond donors (Lipinski definition) is 3. The standard InChI is InChI=1S/C76H148O17P2/c1-5-9-13-17-21-24-27-30-33-36-39-42-45-49-53-57-61-74(79)87-67-72(93-76(81)63-59-55-51-47-44-41-38-35-32-29-26-23-19-15-11-7-3)69-91-95(84,85)89-65-70(77)64-88-94(82,83)90-68-71(66-86-73(78)60-56-52-48-20-16-12-8-4)92-75(80)62-58-54-50-46-43-40-37-34-31-28-25-22-18-14-10-6-2/h70-72,77H,5-69H2,1-4H3,(H,82,83)(H,84,85)/t70-,71+,72+/m0/s1. The van der Waals surface area contributed by atoms with Crippen LogP contribution in [0.5, 0.6) is 0 Å². The molecule has 0 spiro atoms. The maximum Gasteiger partial charge on any atom is 0.472 e. The molecule has 3 N–H and O–H groups in total. The lowest BCUT2D eigenvalue weighted by molar-refractivity contribution is -0.161. The van der Waals surface area contributed by atoms with Gasteiger partial charge in [-0.05, 0) is 25.7 Å². The van der Waals surface area contributed by atoms with Gasteiger partial charge in [-0.15, -0.1) is 0 Å². The van der Waals surface area contributed by atoms with Crippen LogP contribution in [0.3, 0.4) is 0 Å². The number of esters is 4. The summed E-state index contributed by atoms with van der Waals surface area (Å²) in [5.41, 5.74) is 0. The van der Waals surface area contributed by atoms with Crippen LogP contribution in [-0.4, -0.2) is 96.7 Å². The normalized spacial score (nSPS) is 13.9. The molecule has 2 unspecified atom stereocenters. The van der Waals surface area contributed by atoms with Gasteiger partial charge in [0, 0.05) is 25.7 Å². The summed E-state index contributed by atoms with van der Waals surface area (Å²) in [6.07, 6.45) is 61.1. The fourth-order valence-electron chi connectivity index (χ4n) is 11.8. The molecule has 564 valence electrons. The van der Waals surface area contributed by atoms with Crippen molar-refractivity contribution in [3.63, 3.8) is 0 Å². The second-order valence-electron chi connectivity index (χ2n) is 27.4. The van der Waals surface area contributed by atoms with Gasteiger partial charge in [0.05, 0.1) is 26.4 Å². The summed E-state index contributed by atoms with van der Waals surface area (Å²) in [4.78, 5) is 72.7. The monoisotopic (exact) mass is 1400 g/mol. The minimum Gasteiger partial charge on any atom is -0.462 e. The van der Waals surface area contributed by atoms with E-state index < -0.39 is 97.5 Å². The summed E-state index contributed by atoms with van der Waals surface area (Å²) in [5.74, 6) is -2.11. The molecule has 0 aliphatic heterocycles. The van der Waals surface area contributed by atoms with E-state index in [1.165, 1.54) is 225 Å². The van der Waals surface area contributed by atoms with Gasteiger partial charge >= 0.3 is 39.5 Å². The van der Waals surface area contributed by atoms with E-state index in [2.05, 4.69) is 27.7 Å². The van der Waals surface area contributed by atoms with E-state index in [-0.39, 0.29) is 25.7 Å². The molecule has 95 heavy (non-hydrogen) atoms. The van der Waals surface area contributed by atoms with Gasteiger partial charge in [0.15, 0.2) is 12.2 Å². The Kier molecular flexibility index (Phi) is 69.1. The quantitative estimate of drug-likeness (QED) is 0.0222. The van der Waals surface area contributed by atoms with Crippen LogP contribution in [-0.2, 0) is 65.4 Å². The molecule has 0 aliphatic rings. The fraction of sp³-hybridized carbons (Fsp3) is 0.947. The zero-order chi connectivity index (χ0) is 69.7. The third-order valence-electron chi connectivity index (χ3n) is 17.9. The smallest absolute Gasteiger partial charge is 0.462 e. The third kappa shape index (κ3) is 70.3. The largest absolute Gasteiger partial charge is 0.472 e. The molecule has 0 heterocycles. The van der Waals surface area contributed by atoms with Gasteiger partial charge in [-0.2, -0.15) is 0 Å². The summed E-state index contributed by atoms with van der Waals surface area (Å²) in [7, 11) is -9.90. The zero-order valence-electron chi connectivity index (χ0n) is 61.6. The minimum absolute atomic E-state index is 0.108. The Morgan fingerprint density at radius 1 is 0.253 bits per heavy atom. The molecule has 0 aromatic carbocycles. The Bertz CT molecular complexity index is 1810. The summed E-state index contributed by atoms with van der Waals surface area (Å²) in [6, 6.07) is 0. The van der Waals surface area contributed by atoms with Gasteiger partial charge < -0.3 is 33.8 Å². The molecule has 0 aliphatic carbocycles. The zero-order valence-corrected chi connectivity index (χ0v) is 63.4. The highest BCUT2D eigenvalue weighted by Gasteiger charge is 2.30. The van der Waals surface area contributed by atoms with Gasteiger partial charge in [0.25, 0.3) is 0 Å². The summed E-state index contributed by atoms with van der Waals surface area (Å²) in [5, 5.41) is 10.6. The first-order chi connectivity index (χ1) is 46.2. The Hall–Kier alpha value is -1.94. The second-order valence-corrected chi connectivity index (χ2v) is 30.3.